The molecule has 1 aromatic rings. The van der Waals surface area contributed by atoms with Crippen molar-refractivity contribution >= 4 is 17.6 Å². The van der Waals surface area contributed by atoms with E-state index in [1.807, 2.05) is 19.1 Å². The maximum absolute atomic E-state index is 12.4. The molecular formula is C14H17N3O3. The van der Waals surface area contributed by atoms with Crippen LogP contribution in [-0.2, 0) is 16.6 Å². The van der Waals surface area contributed by atoms with Crippen molar-refractivity contribution in [2.24, 2.45) is 30.7 Å². The van der Waals surface area contributed by atoms with Crippen LogP contribution in [0.2, 0.25) is 0 Å². The Hall–Kier alpha value is -2.11. The second-order valence-electron chi connectivity index (χ2n) is 5.59. The lowest BCUT2D eigenvalue weighted by Crippen LogP contribution is -2.36. The fourth-order valence-electron chi connectivity index (χ4n) is 3.35. The number of anilines is 1. The summed E-state index contributed by atoms with van der Waals surface area (Å²) < 4.78 is 1.67. The van der Waals surface area contributed by atoms with Gasteiger partial charge in [-0.2, -0.15) is 5.10 Å². The molecule has 20 heavy (non-hydrogen) atoms. The van der Waals surface area contributed by atoms with E-state index in [0.717, 1.165) is 12.1 Å². The molecule has 4 atom stereocenters. The predicted octanol–water partition coefficient (Wildman–Crippen LogP) is 1.19. The van der Waals surface area contributed by atoms with Gasteiger partial charge < -0.3 is 10.4 Å². The number of aromatic nitrogens is 2. The van der Waals surface area contributed by atoms with Crippen molar-refractivity contribution in [1.29, 1.82) is 0 Å². The van der Waals surface area contributed by atoms with E-state index in [0.29, 0.717) is 5.69 Å². The number of allylic oxidation sites excluding steroid dienone is 2. The first-order chi connectivity index (χ1) is 9.49. The van der Waals surface area contributed by atoms with E-state index in [9.17, 15) is 14.7 Å². The van der Waals surface area contributed by atoms with E-state index in [1.54, 1.807) is 17.9 Å². The van der Waals surface area contributed by atoms with Gasteiger partial charge in [-0.1, -0.05) is 12.2 Å². The highest BCUT2D eigenvalue weighted by atomic mass is 16.4. The first-order valence-electron chi connectivity index (χ1n) is 6.69. The van der Waals surface area contributed by atoms with Gasteiger partial charge in [0.15, 0.2) is 0 Å². The molecule has 6 heteroatoms. The lowest BCUT2D eigenvalue weighted by atomic mass is 9.82. The Labute approximate surface area is 116 Å². The number of aryl methyl sites for hydroxylation is 1. The number of aliphatic carboxylic acids is 1. The lowest BCUT2D eigenvalue weighted by molar-refractivity contribution is -0.146. The van der Waals surface area contributed by atoms with Crippen LogP contribution in [-0.4, -0.2) is 26.8 Å². The van der Waals surface area contributed by atoms with Crippen molar-refractivity contribution in [3.05, 3.63) is 24.0 Å². The van der Waals surface area contributed by atoms with Gasteiger partial charge in [-0.3, -0.25) is 14.3 Å². The van der Waals surface area contributed by atoms with Gasteiger partial charge in [-0.25, -0.2) is 0 Å². The molecule has 2 aliphatic carbocycles. The lowest BCUT2D eigenvalue weighted by Gasteiger charge is -2.23. The molecule has 0 aliphatic heterocycles. The van der Waals surface area contributed by atoms with E-state index in [4.69, 9.17) is 0 Å². The van der Waals surface area contributed by atoms with Gasteiger partial charge in [0.2, 0.25) is 5.91 Å². The summed E-state index contributed by atoms with van der Waals surface area (Å²) in [6.45, 7) is 1.86. The van der Waals surface area contributed by atoms with Crippen LogP contribution in [0, 0.1) is 30.6 Å². The molecule has 1 aromatic heterocycles. The van der Waals surface area contributed by atoms with Crippen molar-refractivity contribution in [1.82, 2.24) is 9.78 Å². The van der Waals surface area contributed by atoms with Gasteiger partial charge in [0.25, 0.3) is 0 Å². The summed E-state index contributed by atoms with van der Waals surface area (Å²) >= 11 is 0. The van der Waals surface area contributed by atoms with Crippen molar-refractivity contribution in [2.75, 3.05) is 5.32 Å². The molecule has 3 rings (SSSR count). The third-order valence-electron chi connectivity index (χ3n) is 4.54. The Balaban J connectivity index is 1.82. The molecule has 0 aromatic carbocycles. The monoisotopic (exact) mass is 275 g/mol. The van der Waals surface area contributed by atoms with Gasteiger partial charge in [0.1, 0.15) is 0 Å². The maximum Gasteiger partial charge on any atom is 0.307 e. The number of nitrogens with zero attached hydrogens (tertiary/aromatic N) is 2. The van der Waals surface area contributed by atoms with Gasteiger partial charge >= 0.3 is 5.97 Å². The molecular weight excluding hydrogens is 258 g/mol. The van der Waals surface area contributed by atoms with Crippen molar-refractivity contribution in [3.8, 4) is 0 Å². The summed E-state index contributed by atoms with van der Waals surface area (Å²) in [5, 5.41) is 16.2. The van der Waals surface area contributed by atoms with E-state index < -0.39 is 17.8 Å². The standard InChI is InChI=1S/C14H17N3O3/c1-7-10(6-15-17(7)2)16-13(18)11-8-3-4-9(5-8)12(11)14(19)20/h3-4,6,8-9,11-12H,5H2,1-2H3,(H,16,18)(H,19,20)/t8-,9-,11+,12-/m0/s1. The summed E-state index contributed by atoms with van der Waals surface area (Å²) in [5.74, 6) is -2.17. The zero-order valence-electron chi connectivity index (χ0n) is 11.4. The second-order valence-corrected chi connectivity index (χ2v) is 5.59. The minimum absolute atomic E-state index is 0.0109. The van der Waals surface area contributed by atoms with Gasteiger partial charge in [0, 0.05) is 7.05 Å². The number of fused-ring (bicyclic) bond motifs is 2. The van der Waals surface area contributed by atoms with Crippen LogP contribution >= 0.6 is 0 Å². The van der Waals surface area contributed by atoms with Gasteiger partial charge in [-0.15, -0.1) is 0 Å². The summed E-state index contributed by atoms with van der Waals surface area (Å²) in [4.78, 5) is 23.8. The largest absolute Gasteiger partial charge is 0.481 e. The van der Waals surface area contributed by atoms with Gasteiger partial charge in [0.05, 0.1) is 29.4 Å². The zero-order valence-corrected chi connectivity index (χ0v) is 11.4. The van der Waals surface area contributed by atoms with Crippen LogP contribution in [0.3, 0.4) is 0 Å². The van der Waals surface area contributed by atoms with Crippen LogP contribution < -0.4 is 5.32 Å². The number of carbonyl (C=O) groups excluding carboxylic acids is 1. The van der Waals surface area contributed by atoms with E-state index in [2.05, 4.69) is 10.4 Å². The number of hydrogen-bond acceptors (Lipinski definition) is 3. The van der Waals surface area contributed by atoms with Crippen LogP contribution in [0.25, 0.3) is 0 Å². The first-order valence-corrected chi connectivity index (χ1v) is 6.69. The Morgan fingerprint density at radius 1 is 1.35 bits per heavy atom. The molecule has 106 valence electrons. The minimum Gasteiger partial charge on any atom is -0.481 e. The fraction of sp³-hybridized carbons (Fsp3) is 0.500. The van der Waals surface area contributed by atoms with E-state index in [-0.39, 0.29) is 17.7 Å². The summed E-state index contributed by atoms with van der Waals surface area (Å²) in [5.41, 5.74) is 1.50. The average Bonchev–Trinajstić information content (AvgIpc) is 3.08. The van der Waals surface area contributed by atoms with Crippen LogP contribution in [0.15, 0.2) is 18.3 Å². The summed E-state index contributed by atoms with van der Waals surface area (Å²) in [6.07, 6.45) is 6.26. The molecule has 1 heterocycles. The number of carbonyl (C=O) groups is 2. The molecule has 0 radical (unpaired) electrons. The molecule has 0 spiro atoms. The molecule has 0 unspecified atom stereocenters. The zero-order chi connectivity index (χ0) is 14.4. The molecule has 6 nitrogen and oxygen atoms in total. The topological polar surface area (TPSA) is 84.2 Å². The Morgan fingerprint density at radius 2 is 2.00 bits per heavy atom. The second kappa shape index (κ2) is 4.47. The Bertz CT molecular complexity index is 605. The Morgan fingerprint density at radius 3 is 2.55 bits per heavy atom. The normalized spacial score (nSPS) is 30.7. The quantitative estimate of drug-likeness (QED) is 0.812. The van der Waals surface area contributed by atoms with E-state index in [1.165, 1.54) is 0 Å². The summed E-state index contributed by atoms with van der Waals surface area (Å²) in [7, 11) is 1.80. The number of hydrogen-bond donors (Lipinski definition) is 2. The van der Waals surface area contributed by atoms with Crippen molar-refractivity contribution in [3.63, 3.8) is 0 Å². The highest BCUT2D eigenvalue weighted by Crippen LogP contribution is 2.48. The van der Waals surface area contributed by atoms with Gasteiger partial charge in [-0.05, 0) is 25.2 Å². The number of carboxylic acid groups (broad SMARTS) is 1. The van der Waals surface area contributed by atoms with Crippen LogP contribution in [0.5, 0.6) is 0 Å². The highest BCUT2D eigenvalue weighted by molar-refractivity contribution is 5.96. The molecule has 1 fully saturated rings. The number of rotatable bonds is 3. The number of carboxylic acids is 1. The smallest absolute Gasteiger partial charge is 0.307 e. The Kier molecular flexibility index (Phi) is 2.88. The fourth-order valence-corrected chi connectivity index (χ4v) is 3.35. The predicted molar refractivity (Wildman–Crippen MR) is 71.9 cm³/mol. The third-order valence-corrected chi connectivity index (χ3v) is 4.54. The molecule has 1 saturated carbocycles. The SMILES string of the molecule is Cc1c(NC(=O)[C@H]2[C@@H](C(=O)O)[C@H]3C=C[C@H]2C3)cnn1C. The molecule has 2 bridgehead atoms. The highest BCUT2D eigenvalue weighted by Gasteiger charge is 2.51. The van der Waals surface area contributed by atoms with E-state index >= 15 is 0 Å². The summed E-state index contributed by atoms with van der Waals surface area (Å²) in [6, 6.07) is 0. The van der Waals surface area contributed by atoms with Crippen LogP contribution in [0.4, 0.5) is 5.69 Å². The number of amides is 1. The molecule has 1 amide bonds. The van der Waals surface area contributed by atoms with Crippen molar-refractivity contribution in [2.45, 2.75) is 13.3 Å². The van der Waals surface area contributed by atoms with Crippen LogP contribution in [0.1, 0.15) is 12.1 Å². The minimum atomic E-state index is -0.884. The molecule has 2 aliphatic rings. The molecule has 2 N–H and O–H groups in total. The van der Waals surface area contributed by atoms with Crippen molar-refractivity contribution < 1.29 is 14.7 Å². The molecule has 0 saturated heterocycles. The maximum atomic E-state index is 12.4. The average molecular weight is 275 g/mol. The number of nitrogens with one attached hydrogen (secondary N) is 1. The first kappa shape index (κ1) is 12.9. The third kappa shape index (κ3) is 1.83.